The molecule has 4 heteroatoms. The molecule has 0 fully saturated rings. The molecule has 52 valence electrons. The number of hydrogen-bond donors (Lipinski definition) is 3. The molecule has 0 saturated heterocycles. The number of nitrogens with zero attached hydrogens (tertiary/aromatic N) is 1. The molecule has 4 nitrogen and oxygen atoms in total. The van der Waals surface area contributed by atoms with Crippen molar-refractivity contribution >= 4 is 12.4 Å². The number of aromatic nitrogens is 2. The van der Waals surface area contributed by atoms with E-state index >= 15 is 0 Å². The maximum absolute atomic E-state index is 6.91. The summed E-state index contributed by atoms with van der Waals surface area (Å²) in [5, 5.41) is 20.2. The van der Waals surface area contributed by atoms with Crippen molar-refractivity contribution in [2.75, 3.05) is 0 Å². The van der Waals surface area contributed by atoms with Crippen molar-refractivity contribution < 1.29 is 0 Å². The molecule has 1 rings (SSSR count). The second-order valence-electron chi connectivity index (χ2n) is 1.87. The van der Waals surface area contributed by atoms with E-state index in [-0.39, 0.29) is 5.92 Å². The van der Waals surface area contributed by atoms with Gasteiger partial charge in [0.25, 0.3) is 0 Å². The van der Waals surface area contributed by atoms with Gasteiger partial charge in [0.15, 0.2) is 0 Å². The molecule has 0 amide bonds. The van der Waals surface area contributed by atoms with Gasteiger partial charge < -0.3 is 10.8 Å². The Morgan fingerprint density at radius 1 is 1.50 bits per heavy atom. The molecular formula is C6H8N4. The molecular weight excluding hydrogens is 128 g/mol. The molecule has 0 aliphatic rings. The second-order valence-corrected chi connectivity index (χ2v) is 1.87. The minimum Gasteiger partial charge on any atom is -0.312 e. The van der Waals surface area contributed by atoms with Crippen LogP contribution in [0.15, 0.2) is 12.3 Å². The van der Waals surface area contributed by atoms with Gasteiger partial charge in [0.2, 0.25) is 0 Å². The number of nitrogens with one attached hydrogen (secondary N) is 3. The van der Waals surface area contributed by atoms with E-state index < -0.39 is 0 Å². The maximum atomic E-state index is 6.91. The Labute approximate surface area is 58.3 Å². The molecule has 1 heterocycles. The normalized spacial score (nSPS) is 12.4. The molecule has 1 aromatic heterocycles. The first kappa shape index (κ1) is 6.67. The predicted octanol–water partition coefficient (Wildman–Crippen LogP) is 0.792. The summed E-state index contributed by atoms with van der Waals surface area (Å²) in [7, 11) is 0. The summed E-state index contributed by atoms with van der Waals surface area (Å²) >= 11 is 0. The lowest BCUT2D eigenvalue weighted by Gasteiger charge is -1.97. The molecule has 0 spiro atoms. The Hall–Kier alpha value is -1.45. The van der Waals surface area contributed by atoms with Crippen molar-refractivity contribution in [3.63, 3.8) is 0 Å². The summed E-state index contributed by atoms with van der Waals surface area (Å²) in [6.45, 7) is 0. The van der Waals surface area contributed by atoms with E-state index in [2.05, 4.69) is 10.2 Å². The van der Waals surface area contributed by atoms with Crippen molar-refractivity contribution in [2.24, 2.45) is 0 Å². The fraction of sp³-hybridized carbons (Fsp3) is 0.167. The van der Waals surface area contributed by atoms with E-state index in [1.807, 2.05) is 0 Å². The van der Waals surface area contributed by atoms with Crippen LogP contribution in [0.1, 0.15) is 11.6 Å². The second kappa shape index (κ2) is 2.91. The summed E-state index contributed by atoms with van der Waals surface area (Å²) in [5.74, 6) is -0.248. The van der Waals surface area contributed by atoms with Gasteiger partial charge in [0.05, 0.1) is 5.92 Å². The Kier molecular flexibility index (Phi) is 1.94. The average molecular weight is 136 g/mol. The van der Waals surface area contributed by atoms with E-state index in [1.165, 1.54) is 12.4 Å². The van der Waals surface area contributed by atoms with E-state index in [0.717, 1.165) is 5.69 Å². The Morgan fingerprint density at radius 2 is 2.20 bits per heavy atom. The average Bonchev–Trinajstić information content (AvgIpc) is 2.43. The highest BCUT2D eigenvalue weighted by Crippen LogP contribution is 2.04. The van der Waals surface area contributed by atoms with Crippen molar-refractivity contribution in [3.05, 3.63) is 18.0 Å². The largest absolute Gasteiger partial charge is 0.312 e. The minimum absolute atomic E-state index is 0.248. The fourth-order valence-electron chi connectivity index (χ4n) is 0.680. The Balaban J connectivity index is 2.82. The third kappa shape index (κ3) is 1.10. The van der Waals surface area contributed by atoms with Crippen LogP contribution in [0.25, 0.3) is 0 Å². The lowest BCUT2D eigenvalue weighted by atomic mass is 10.1. The highest BCUT2D eigenvalue weighted by Gasteiger charge is 2.03. The molecule has 0 atom stereocenters. The molecule has 10 heavy (non-hydrogen) atoms. The Morgan fingerprint density at radius 3 is 2.60 bits per heavy atom. The molecule has 0 aromatic carbocycles. The zero-order valence-corrected chi connectivity index (χ0v) is 5.33. The van der Waals surface area contributed by atoms with Crippen LogP contribution in [0.4, 0.5) is 0 Å². The van der Waals surface area contributed by atoms with Gasteiger partial charge in [-0.2, -0.15) is 5.10 Å². The molecule has 3 N–H and O–H groups in total. The third-order valence-electron chi connectivity index (χ3n) is 1.24. The highest BCUT2D eigenvalue weighted by molar-refractivity contribution is 5.86. The van der Waals surface area contributed by atoms with Crippen molar-refractivity contribution in [1.82, 2.24) is 10.2 Å². The number of hydrogen-bond acceptors (Lipinski definition) is 3. The number of aromatic amines is 1. The van der Waals surface area contributed by atoms with E-state index in [4.69, 9.17) is 10.8 Å². The topological polar surface area (TPSA) is 76.4 Å². The standard InChI is InChI=1S/C6H8N4/c7-3-5(4-8)6-1-2-9-10-6/h1-5,7-8H,(H,9,10). The first-order valence-corrected chi connectivity index (χ1v) is 2.89. The van der Waals surface area contributed by atoms with Gasteiger partial charge in [-0.15, -0.1) is 0 Å². The lowest BCUT2D eigenvalue weighted by Crippen LogP contribution is -2.00. The van der Waals surface area contributed by atoms with Gasteiger partial charge in [-0.1, -0.05) is 0 Å². The van der Waals surface area contributed by atoms with E-state index in [1.54, 1.807) is 12.3 Å². The van der Waals surface area contributed by atoms with Crippen molar-refractivity contribution in [3.8, 4) is 0 Å². The smallest absolute Gasteiger partial charge is 0.0699 e. The van der Waals surface area contributed by atoms with Gasteiger partial charge in [-0.05, 0) is 6.07 Å². The van der Waals surface area contributed by atoms with E-state index in [9.17, 15) is 0 Å². The maximum Gasteiger partial charge on any atom is 0.0699 e. The summed E-state index contributed by atoms with van der Waals surface area (Å²) in [6, 6.07) is 1.75. The van der Waals surface area contributed by atoms with Gasteiger partial charge >= 0.3 is 0 Å². The van der Waals surface area contributed by atoms with Crippen LogP contribution < -0.4 is 0 Å². The van der Waals surface area contributed by atoms with Crippen LogP contribution in [-0.4, -0.2) is 22.6 Å². The van der Waals surface area contributed by atoms with Crippen molar-refractivity contribution in [2.45, 2.75) is 5.92 Å². The van der Waals surface area contributed by atoms with Gasteiger partial charge in [-0.25, -0.2) is 0 Å². The summed E-state index contributed by atoms with van der Waals surface area (Å²) in [6.07, 6.45) is 4.00. The number of H-pyrrole nitrogens is 1. The van der Waals surface area contributed by atoms with Crippen LogP contribution in [-0.2, 0) is 0 Å². The van der Waals surface area contributed by atoms with Crippen LogP contribution in [0.5, 0.6) is 0 Å². The van der Waals surface area contributed by atoms with Gasteiger partial charge in [0.1, 0.15) is 0 Å². The highest BCUT2D eigenvalue weighted by atomic mass is 15.1. The van der Waals surface area contributed by atoms with E-state index in [0.29, 0.717) is 0 Å². The monoisotopic (exact) mass is 136 g/mol. The Bertz CT molecular complexity index is 206. The molecule has 0 bridgehead atoms. The molecule has 0 aliphatic heterocycles. The molecule has 0 unspecified atom stereocenters. The predicted molar refractivity (Wildman–Crippen MR) is 38.9 cm³/mol. The molecule has 0 radical (unpaired) electrons. The molecule has 0 aliphatic carbocycles. The minimum atomic E-state index is -0.248. The van der Waals surface area contributed by atoms with Crippen LogP contribution >= 0.6 is 0 Å². The summed E-state index contributed by atoms with van der Waals surface area (Å²) < 4.78 is 0. The first-order chi connectivity index (χ1) is 4.88. The van der Waals surface area contributed by atoms with Crippen LogP contribution in [0.2, 0.25) is 0 Å². The van der Waals surface area contributed by atoms with Gasteiger partial charge in [-0.3, -0.25) is 5.10 Å². The molecule has 0 saturated carbocycles. The SMILES string of the molecule is N=CC(C=N)c1ccn[nH]1. The fourth-order valence-corrected chi connectivity index (χ4v) is 0.680. The summed E-state index contributed by atoms with van der Waals surface area (Å²) in [5.41, 5.74) is 0.782. The van der Waals surface area contributed by atoms with Crippen molar-refractivity contribution in [1.29, 1.82) is 10.8 Å². The third-order valence-corrected chi connectivity index (χ3v) is 1.24. The van der Waals surface area contributed by atoms with Gasteiger partial charge in [0, 0.05) is 24.3 Å². The quantitative estimate of drug-likeness (QED) is 0.528. The zero-order valence-electron chi connectivity index (χ0n) is 5.33. The first-order valence-electron chi connectivity index (χ1n) is 2.89. The zero-order chi connectivity index (χ0) is 7.40. The van der Waals surface area contributed by atoms with Crippen LogP contribution in [0.3, 0.4) is 0 Å². The number of rotatable bonds is 3. The molecule has 1 aromatic rings. The van der Waals surface area contributed by atoms with Crippen LogP contribution in [0, 0.1) is 10.8 Å². The summed E-state index contributed by atoms with van der Waals surface area (Å²) in [4.78, 5) is 0. The lowest BCUT2D eigenvalue weighted by molar-refractivity contribution is 1.00.